The van der Waals surface area contributed by atoms with Gasteiger partial charge < -0.3 is 14.4 Å². The third kappa shape index (κ3) is 4.46. The van der Waals surface area contributed by atoms with Gasteiger partial charge in [0.1, 0.15) is 16.6 Å². The molecule has 0 aliphatic carbocycles. The van der Waals surface area contributed by atoms with Gasteiger partial charge in [0, 0.05) is 26.9 Å². The number of anilines is 1. The van der Waals surface area contributed by atoms with Crippen LogP contribution in [0.3, 0.4) is 0 Å². The summed E-state index contributed by atoms with van der Waals surface area (Å²) in [6, 6.07) is 1.84. The van der Waals surface area contributed by atoms with Crippen LogP contribution in [-0.4, -0.2) is 48.9 Å². The fourth-order valence-corrected chi connectivity index (χ4v) is 3.11. The first-order chi connectivity index (χ1) is 10.1. The maximum Gasteiger partial charge on any atom is 0.350 e. The molecule has 1 aliphatic rings. The fourth-order valence-electron chi connectivity index (χ4n) is 1.97. The van der Waals surface area contributed by atoms with Crippen LogP contribution in [0.25, 0.3) is 0 Å². The van der Waals surface area contributed by atoms with Crippen LogP contribution in [0.1, 0.15) is 25.1 Å². The molecule has 0 bridgehead atoms. The summed E-state index contributed by atoms with van der Waals surface area (Å²) in [4.78, 5) is 17.9. The predicted octanol–water partition coefficient (Wildman–Crippen LogP) is 1.71. The van der Waals surface area contributed by atoms with E-state index < -0.39 is 0 Å². The van der Waals surface area contributed by atoms with E-state index in [4.69, 9.17) is 9.47 Å². The first-order valence-electron chi connectivity index (χ1n) is 7.23. The van der Waals surface area contributed by atoms with Gasteiger partial charge in [0.05, 0.1) is 13.2 Å². The molecule has 7 heteroatoms. The summed E-state index contributed by atoms with van der Waals surface area (Å²) in [5, 5.41) is -0.0269. The molecule has 6 nitrogen and oxygen atoms in total. The first-order valence-corrected chi connectivity index (χ1v) is 8.17. The molecule has 0 N–H and O–H groups in total. The van der Waals surface area contributed by atoms with Crippen molar-refractivity contribution in [3.63, 3.8) is 0 Å². The molecule has 2 atom stereocenters. The Morgan fingerprint density at radius 2 is 2.38 bits per heavy atom. The molecule has 2 unspecified atom stereocenters. The van der Waals surface area contributed by atoms with E-state index in [1.54, 1.807) is 22.5 Å². The van der Waals surface area contributed by atoms with Gasteiger partial charge >= 0.3 is 5.69 Å². The molecule has 2 heterocycles. The molecule has 2 rings (SSSR count). The van der Waals surface area contributed by atoms with Crippen LogP contribution >= 0.6 is 11.8 Å². The van der Waals surface area contributed by atoms with Crippen LogP contribution in [0.2, 0.25) is 0 Å². The molecule has 0 radical (unpaired) electrons. The lowest BCUT2D eigenvalue weighted by molar-refractivity contribution is 0.0369. The lowest BCUT2D eigenvalue weighted by atomic mass is 10.4. The maximum absolute atomic E-state index is 12.1. The number of hydrogen-bond donors (Lipinski definition) is 0. The molecule has 0 aromatic carbocycles. The average molecular weight is 313 g/mol. The lowest BCUT2D eigenvalue weighted by Gasteiger charge is -2.15. The Labute approximate surface area is 129 Å². The van der Waals surface area contributed by atoms with Crippen LogP contribution in [0.4, 0.5) is 5.82 Å². The molecule has 1 saturated heterocycles. The summed E-state index contributed by atoms with van der Waals surface area (Å²) in [7, 11) is 3.73. The zero-order chi connectivity index (χ0) is 15.2. The van der Waals surface area contributed by atoms with Gasteiger partial charge in [0.25, 0.3) is 0 Å². The third-order valence-corrected chi connectivity index (χ3v) is 4.47. The number of hydrogen-bond acceptors (Lipinski definition) is 6. The van der Waals surface area contributed by atoms with Crippen LogP contribution in [0.15, 0.2) is 17.1 Å². The molecule has 21 heavy (non-hydrogen) atoms. The topological polar surface area (TPSA) is 56.6 Å². The molecular formula is C14H23N3O3S. The van der Waals surface area contributed by atoms with Gasteiger partial charge in [-0.05, 0) is 12.5 Å². The van der Waals surface area contributed by atoms with E-state index in [0.29, 0.717) is 19.0 Å². The number of unbranched alkanes of at least 4 members (excludes halogenated alkanes) is 1. The number of aromatic nitrogens is 2. The molecular weight excluding hydrogens is 290 g/mol. The van der Waals surface area contributed by atoms with Crippen molar-refractivity contribution in [1.82, 2.24) is 9.55 Å². The summed E-state index contributed by atoms with van der Waals surface area (Å²) in [6.07, 6.45) is 3.97. The first kappa shape index (κ1) is 16.3. The smallest absolute Gasteiger partial charge is 0.350 e. The minimum absolute atomic E-state index is 0.00715. The minimum atomic E-state index is -0.241. The molecule has 1 fully saturated rings. The molecule has 0 spiro atoms. The van der Waals surface area contributed by atoms with Crippen LogP contribution < -0.4 is 10.6 Å². The largest absolute Gasteiger partial charge is 0.378 e. The highest BCUT2D eigenvalue weighted by atomic mass is 32.2. The molecule has 0 saturated carbocycles. The summed E-state index contributed by atoms with van der Waals surface area (Å²) < 4.78 is 12.9. The standard InChI is InChI=1S/C14H23N3O3S/c1-4-5-8-19-10-13-20-9-12(21-13)17-7-6-11(16(2)3)15-14(17)18/h6-7,12-13H,4-5,8-10H2,1-3H3. The quantitative estimate of drug-likeness (QED) is 0.714. The van der Waals surface area contributed by atoms with Gasteiger partial charge in [-0.15, -0.1) is 11.8 Å². The van der Waals surface area contributed by atoms with Crippen molar-refractivity contribution in [3.8, 4) is 0 Å². The SMILES string of the molecule is CCCCOCC1OCC(n2ccc(N(C)C)nc2=O)S1. The molecule has 1 aromatic heterocycles. The second-order valence-corrected chi connectivity index (χ2v) is 6.49. The number of rotatable bonds is 7. The highest BCUT2D eigenvalue weighted by Crippen LogP contribution is 2.34. The van der Waals surface area contributed by atoms with E-state index in [2.05, 4.69) is 11.9 Å². The zero-order valence-corrected chi connectivity index (χ0v) is 13.6. The van der Waals surface area contributed by atoms with Gasteiger partial charge in [-0.1, -0.05) is 13.3 Å². The van der Waals surface area contributed by atoms with Crippen molar-refractivity contribution in [1.29, 1.82) is 0 Å². The fraction of sp³-hybridized carbons (Fsp3) is 0.714. The Morgan fingerprint density at radius 1 is 1.57 bits per heavy atom. The second-order valence-electron chi connectivity index (χ2n) is 5.15. The Hall–Kier alpha value is -1.05. The van der Waals surface area contributed by atoms with Crippen molar-refractivity contribution in [2.24, 2.45) is 0 Å². The van der Waals surface area contributed by atoms with Crippen molar-refractivity contribution >= 4 is 17.6 Å². The predicted molar refractivity (Wildman–Crippen MR) is 84.9 cm³/mol. The summed E-state index contributed by atoms with van der Waals surface area (Å²) in [5.41, 5.74) is -0.248. The van der Waals surface area contributed by atoms with Gasteiger partial charge in [-0.3, -0.25) is 4.57 Å². The van der Waals surface area contributed by atoms with E-state index in [0.717, 1.165) is 19.4 Å². The average Bonchev–Trinajstić information content (AvgIpc) is 2.92. The second kappa shape index (κ2) is 7.82. The van der Waals surface area contributed by atoms with Crippen molar-refractivity contribution in [2.45, 2.75) is 30.6 Å². The van der Waals surface area contributed by atoms with Gasteiger partial charge in [0.15, 0.2) is 0 Å². The summed E-state index contributed by atoms with van der Waals surface area (Å²) in [5.74, 6) is 0.666. The number of ether oxygens (including phenoxy) is 2. The number of nitrogens with zero attached hydrogens (tertiary/aromatic N) is 3. The molecule has 1 aliphatic heterocycles. The van der Waals surface area contributed by atoms with Crippen LogP contribution in [-0.2, 0) is 9.47 Å². The highest BCUT2D eigenvalue weighted by molar-refractivity contribution is 8.00. The Kier molecular flexibility index (Phi) is 6.08. The van der Waals surface area contributed by atoms with E-state index >= 15 is 0 Å². The van der Waals surface area contributed by atoms with Gasteiger partial charge in [-0.2, -0.15) is 4.98 Å². The Balaban J connectivity index is 1.90. The van der Waals surface area contributed by atoms with Crippen molar-refractivity contribution in [2.75, 3.05) is 38.8 Å². The monoisotopic (exact) mass is 313 g/mol. The molecule has 1 aromatic rings. The van der Waals surface area contributed by atoms with E-state index in [1.807, 2.05) is 25.1 Å². The summed E-state index contributed by atoms with van der Waals surface area (Å²) >= 11 is 1.61. The summed E-state index contributed by atoms with van der Waals surface area (Å²) in [6.45, 7) is 3.98. The normalized spacial score (nSPS) is 21.7. The van der Waals surface area contributed by atoms with E-state index in [-0.39, 0.29) is 16.5 Å². The lowest BCUT2D eigenvalue weighted by Crippen LogP contribution is -2.27. The van der Waals surface area contributed by atoms with Crippen LogP contribution in [0.5, 0.6) is 0 Å². The number of thioether (sulfide) groups is 1. The van der Waals surface area contributed by atoms with Crippen molar-refractivity contribution in [3.05, 3.63) is 22.7 Å². The van der Waals surface area contributed by atoms with E-state index in [1.165, 1.54) is 0 Å². The Morgan fingerprint density at radius 3 is 3.05 bits per heavy atom. The minimum Gasteiger partial charge on any atom is -0.378 e. The highest BCUT2D eigenvalue weighted by Gasteiger charge is 2.28. The van der Waals surface area contributed by atoms with Gasteiger partial charge in [0.2, 0.25) is 0 Å². The molecule has 118 valence electrons. The molecule has 0 amide bonds. The van der Waals surface area contributed by atoms with Crippen LogP contribution in [0, 0.1) is 0 Å². The maximum atomic E-state index is 12.1. The van der Waals surface area contributed by atoms with E-state index in [9.17, 15) is 4.79 Å². The zero-order valence-electron chi connectivity index (χ0n) is 12.8. The van der Waals surface area contributed by atoms with Crippen molar-refractivity contribution < 1.29 is 9.47 Å². The Bertz CT molecular complexity index is 506. The van der Waals surface area contributed by atoms with Gasteiger partial charge in [-0.25, -0.2) is 4.79 Å². The third-order valence-electron chi connectivity index (χ3n) is 3.21.